The molecule has 5 nitrogen and oxygen atoms in total. The molecule has 0 spiro atoms. The largest absolute Gasteiger partial charge is 0.428 e. The van der Waals surface area contributed by atoms with Crippen molar-refractivity contribution >= 4 is 11.9 Å². The van der Waals surface area contributed by atoms with Gasteiger partial charge in [0.1, 0.15) is 5.76 Å². The number of nitrogens with one attached hydrogen (secondary N) is 1. The van der Waals surface area contributed by atoms with Gasteiger partial charge in [0.25, 0.3) is 0 Å². The molecule has 2 heterocycles. The topological polar surface area (TPSA) is 64.4 Å². The lowest BCUT2D eigenvalue weighted by atomic mass is 9.97. The summed E-state index contributed by atoms with van der Waals surface area (Å²) in [4.78, 5) is 16.8. The average molecular weight is 276 g/mol. The lowest BCUT2D eigenvalue weighted by Gasteiger charge is -2.16. The predicted octanol–water partition coefficient (Wildman–Crippen LogP) is 2.61. The molecule has 0 unspecified atom stereocenters. The maximum absolute atomic E-state index is 12.4. The van der Waals surface area contributed by atoms with Crippen LogP contribution >= 0.6 is 0 Å². The maximum atomic E-state index is 12.4. The Hall–Kier alpha value is -1.36. The normalized spacial score (nSPS) is 29.6. The van der Waals surface area contributed by atoms with Gasteiger partial charge in [-0.25, -0.2) is 0 Å². The van der Waals surface area contributed by atoms with Crippen LogP contribution in [0, 0.1) is 18.8 Å². The van der Waals surface area contributed by atoms with E-state index < -0.39 is 0 Å². The van der Waals surface area contributed by atoms with Crippen molar-refractivity contribution in [1.29, 1.82) is 0 Å². The van der Waals surface area contributed by atoms with Gasteiger partial charge in [0.05, 0.1) is 17.7 Å². The van der Waals surface area contributed by atoms with Crippen LogP contribution in [0.25, 0.3) is 0 Å². The second-order valence-corrected chi connectivity index (χ2v) is 6.29. The molecule has 0 bridgehead atoms. The Morgan fingerprint density at radius 2 is 2.05 bits per heavy atom. The van der Waals surface area contributed by atoms with E-state index in [9.17, 15) is 4.79 Å². The summed E-state index contributed by atoms with van der Waals surface area (Å²) in [6.07, 6.45) is 5.66. The minimum absolute atomic E-state index is 0.00277. The van der Waals surface area contributed by atoms with Crippen molar-refractivity contribution in [2.75, 3.05) is 11.9 Å². The number of aromatic nitrogens is 1. The highest BCUT2D eigenvalue weighted by molar-refractivity contribution is 5.91. The molecule has 108 valence electrons. The highest BCUT2D eigenvalue weighted by atomic mass is 16.5. The monoisotopic (exact) mass is 276 g/mol. The molecule has 0 aromatic carbocycles. The third-order valence-corrected chi connectivity index (χ3v) is 4.59. The Bertz CT molecular complexity index is 531. The molecular formula is C15H20N2O3. The zero-order valence-electron chi connectivity index (χ0n) is 11.7. The molecule has 4 rings (SSSR count). The van der Waals surface area contributed by atoms with E-state index in [0.29, 0.717) is 24.5 Å². The van der Waals surface area contributed by atoms with E-state index in [0.717, 1.165) is 17.9 Å². The van der Waals surface area contributed by atoms with Gasteiger partial charge < -0.3 is 9.15 Å². The first-order chi connectivity index (χ1) is 9.72. The van der Waals surface area contributed by atoms with Gasteiger partial charge in [0.15, 0.2) is 0 Å². The number of anilines is 1. The number of ether oxygens (including phenoxy) is 1. The van der Waals surface area contributed by atoms with Gasteiger partial charge in [-0.05, 0) is 44.9 Å². The van der Waals surface area contributed by atoms with Gasteiger partial charge in [-0.2, -0.15) is 4.98 Å². The molecule has 3 aliphatic rings. The first-order valence-electron chi connectivity index (χ1n) is 7.62. The van der Waals surface area contributed by atoms with Gasteiger partial charge in [0.2, 0.25) is 5.91 Å². The van der Waals surface area contributed by atoms with E-state index in [4.69, 9.17) is 9.15 Å². The van der Waals surface area contributed by atoms with Gasteiger partial charge in [-0.1, -0.05) is 0 Å². The number of amides is 1. The predicted molar refractivity (Wildman–Crippen MR) is 72.4 cm³/mol. The van der Waals surface area contributed by atoms with Crippen molar-refractivity contribution in [2.24, 2.45) is 11.8 Å². The van der Waals surface area contributed by atoms with E-state index in [1.165, 1.54) is 25.7 Å². The zero-order valence-corrected chi connectivity index (χ0v) is 11.7. The van der Waals surface area contributed by atoms with Crippen LogP contribution < -0.4 is 5.32 Å². The molecule has 2 atom stereocenters. The van der Waals surface area contributed by atoms with E-state index in [1.807, 2.05) is 6.92 Å². The summed E-state index contributed by atoms with van der Waals surface area (Å²) < 4.78 is 11.3. The average Bonchev–Trinajstić information content (AvgIpc) is 3.35. The molecule has 1 aromatic rings. The van der Waals surface area contributed by atoms with Gasteiger partial charge >= 0.3 is 6.01 Å². The second-order valence-electron chi connectivity index (χ2n) is 6.29. The van der Waals surface area contributed by atoms with Crippen molar-refractivity contribution in [1.82, 2.24) is 4.98 Å². The SMILES string of the molecule is Cc1oc(NC(=O)[C@@H]2CCO[C@H]2C2CC2)nc1C1CC1. The van der Waals surface area contributed by atoms with Crippen molar-refractivity contribution < 1.29 is 13.9 Å². The standard InChI is InChI=1S/C15H20N2O3/c1-8-12(9-2-3-9)16-15(20-8)17-14(18)11-6-7-19-13(11)10-4-5-10/h9-11,13H,2-7H2,1H3,(H,16,17,18)/t11-,13+/m1/s1. The summed E-state index contributed by atoms with van der Waals surface area (Å²) >= 11 is 0. The zero-order chi connectivity index (χ0) is 13.7. The van der Waals surface area contributed by atoms with E-state index in [2.05, 4.69) is 10.3 Å². The molecule has 1 N–H and O–H groups in total. The Labute approximate surface area is 118 Å². The molecule has 1 saturated heterocycles. The lowest BCUT2D eigenvalue weighted by molar-refractivity contribution is -0.121. The van der Waals surface area contributed by atoms with Crippen LogP contribution in [0.3, 0.4) is 0 Å². The van der Waals surface area contributed by atoms with E-state index >= 15 is 0 Å². The first-order valence-corrected chi connectivity index (χ1v) is 7.62. The smallest absolute Gasteiger partial charge is 0.301 e. The number of carbonyl (C=O) groups is 1. The van der Waals surface area contributed by atoms with Crippen LogP contribution in [0.15, 0.2) is 4.42 Å². The summed E-state index contributed by atoms with van der Waals surface area (Å²) in [6.45, 7) is 2.61. The molecule has 3 fully saturated rings. The molecule has 2 aliphatic carbocycles. The van der Waals surface area contributed by atoms with Crippen LogP contribution in [0.4, 0.5) is 6.01 Å². The molecule has 1 amide bonds. The fraction of sp³-hybridized carbons (Fsp3) is 0.733. The molecule has 0 radical (unpaired) electrons. The van der Waals surface area contributed by atoms with Crippen LogP contribution in [0.5, 0.6) is 0 Å². The van der Waals surface area contributed by atoms with Crippen molar-refractivity contribution in [3.05, 3.63) is 11.5 Å². The van der Waals surface area contributed by atoms with Crippen molar-refractivity contribution in [2.45, 2.75) is 51.0 Å². The number of carbonyl (C=O) groups excluding carboxylic acids is 1. The number of nitrogens with zero attached hydrogens (tertiary/aromatic N) is 1. The molecule has 20 heavy (non-hydrogen) atoms. The fourth-order valence-corrected chi connectivity index (χ4v) is 3.18. The molecular weight excluding hydrogens is 256 g/mol. The van der Waals surface area contributed by atoms with Gasteiger partial charge in [-0.3, -0.25) is 10.1 Å². The number of aryl methyl sites for hydroxylation is 1. The minimum Gasteiger partial charge on any atom is -0.428 e. The maximum Gasteiger partial charge on any atom is 0.301 e. The molecule has 2 saturated carbocycles. The van der Waals surface area contributed by atoms with E-state index in [-0.39, 0.29) is 17.9 Å². The van der Waals surface area contributed by atoms with Gasteiger partial charge in [0, 0.05) is 12.5 Å². The number of rotatable bonds is 4. The van der Waals surface area contributed by atoms with Crippen LogP contribution in [-0.2, 0) is 9.53 Å². The third-order valence-electron chi connectivity index (χ3n) is 4.59. The highest BCUT2D eigenvalue weighted by Crippen LogP contribution is 2.43. The lowest BCUT2D eigenvalue weighted by Crippen LogP contribution is -2.31. The minimum atomic E-state index is -0.0425. The summed E-state index contributed by atoms with van der Waals surface area (Å²) in [5, 5.41) is 2.84. The quantitative estimate of drug-likeness (QED) is 0.918. The van der Waals surface area contributed by atoms with E-state index in [1.54, 1.807) is 0 Å². The Balaban J connectivity index is 1.45. The summed E-state index contributed by atoms with van der Waals surface area (Å²) in [6, 6.07) is 0.357. The Morgan fingerprint density at radius 1 is 1.25 bits per heavy atom. The third kappa shape index (κ3) is 2.24. The molecule has 1 aromatic heterocycles. The summed E-state index contributed by atoms with van der Waals surface area (Å²) in [5.74, 6) is 1.92. The van der Waals surface area contributed by atoms with Crippen molar-refractivity contribution in [3.8, 4) is 0 Å². The first kappa shape index (κ1) is 12.4. The molecule has 1 aliphatic heterocycles. The van der Waals surface area contributed by atoms with Crippen LogP contribution in [0.1, 0.15) is 49.5 Å². The second kappa shape index (κ2) is 4.58. The Kier molecular flexibility index (Phi) is 2.84. The Morgan fingerprint density at radius 3 is 2.75 bits per heavy atom. The number of hydrogen-bond acceptors (Lipinski definition) is 4. The molecule has 5 heteroatoms. The highest BCUT2D eigenvalue weighted by Gasteiger charge is 2.44. The fourth-order valence-electron chi connectivity index (χ4n) is 3.18. The number of hydrogen-bond donors (Lipinski definition) is 1. The number of oxazole rings is 1. The van der Waals surface area contributed by atoms with Crippen LogP contribution in [0.2, 0.25) is 0 Å². The summed E-state index contributed by atoms with van der Waals surface area (Å²) in [7, 11) is 0. The van der Waals surface area contributed by atoms with Gasteiger partial charge in [-0.15, -0.1) is 0 Å². The van der Waals surface area contributed by atoms with Crippen molar-refractivity contribution in [3.63, 3.8) is 0 Å². The summed E-state index contributed by atoms with van der Waals surface area (Å²) in [5.41, 5.74) is 1.02. The van der Waals surface area contributed by atoms with Crippen LogP contribution in [-0.4, -0.2) is 23.6 Å².